The summed E-state index contributed by atoms with van der Waals surface area (Å²) in [6, 6.07) is 4.22. The fraction of sp³-hybridized carbons (Fsp3) is 0.462. The van der Waals surface area contributed by atoms with E-state index in [4.69, 9.17) is 5.14 Å². The first kappa shape index (κ1) is 17.1. The van der Waals surface area contributed by atoms with Crippen molar-refractivity contribution in [1.82, 2.24) is 4.90 Å². The molecule has 0 unspecified atom stereocenters. The van der Waals surface area contributed by atoms with E-state index < -0.39 is 10.0 Å². The van der Waals surface area contributed by atoms with E-state index in [-0.39, 0.29) is 10.8 Å². The summed E-state index contributed by atoms with van der Waals surface area (Å²) in [5, 5.41) is 5.10. The van der Waals surface area contributed by atoms with Crippen LogP contribution in [0.4, 0.5) is 0 Å². The third-order valence-corrected chi connectivity index (χ3v) is 4.55. The van der Waals surface area contributed by atoms with E-state index in [1.54, 1.807) is 4.90 Å². The summed E-state index contributed by atoms with van der Waals surface area (Å²) >= 11 is 3.28. The Labute approximate surface area is 128 Å². The van der Waals surface area contributed by atoms with Crippen molar-refractivity contribution in [3.63, 3.8) is 0 Å². The average molecular weight is 363 g/mol. The third kappa shape index (κ3) is 4.29. The van der Waals surface area contributed by atoms with Gasteiger partial charge in [0, 0.05) is 17.6 Å². The van der Waals surface area contributed by atoms with Crippen LogP contribution in [-0.4, -0.2) is 32.3 Å². The van der Waals surface area contributed by atoms with Gasteiger partial charge in [0.15, 0.2) is 0 Å². The highest BCUT2D eigenvalue weighted by Gasteiger charge is 2.19. The van der Waals surface area contributed by atoms with E-state index in [0.717, 1.165) is 12.8 Å². The van der Waals surface area contributed by atoms with Gasteiger partial charge >= 0.3 is 0 Å². The largest absolute Gasteiger partial charge is 0.339 e. The molecule has 7 heteroatoms. The molecule has 0 aliphatic carbocycles. The number of sulfonamides is 1. The van der Waals surface area contributed by atoms with Crippen LogP contribution in [0.25, 0.3) is 0 Å². The molecule has 0 saturated carbocycles. The second-order valence-electron chi connectivity index (χ2n) is 4.43. The average Bonchev–Trinajstić information content (AvgIpc) is 2.38. The third-order valence-electron chi connectivity index (χ3n) is 2.95. The van der Waals surface area contributed by atoms with Crippen molar-refractivity contribution >= 4 is 31.9 Å². The van der Waals surface area contributed by atoms with Gasteiger partial charge in [-0.1, -0.05) is 13.3 Å². The SMILES string of the molecule is CCCCN(CC)C(=O)c1cc(S(N)(=O)=O)ccc1Br. The zero-order chi connectivity index (χ0) is 15.3. The van der Waals surface area contributed by atoms with Crippen LogP contribution in [0.2, 0.25) is 0 Å². The number of halogens is 1. The van der Waals surface area contributed by atoms with Crippen LogP contribution in [0, 0.1) is 0 Å². The van der Waals surface area contributed by atoms with Crippen molar-refractivity contribution in [2.45, 2.75) is 31.6 Å². The number of rotatable bonds is 6. The van der Waals surface area contributed by atoms with Gasteiger partial charge in [-0.05, 0) is 47.5 Å². The molecule has 20 heavy (non-hydrogen) atoms. The van der Waals surface area contributed by atoms with Crippen molar-refractivity contribution in [3.05, 3.63) is 28.2 Å². The number of benzene rings is 1. The minimum Gasteiger partial charge on any atom is -0.339 e. The Hall–Kier alpha value is -0.920. The Morgan fingerprint density at radius 2 is 2.00 bits per heavy atom. The van der Waals surface area contributed by atoms with Gasteiger partial charge in [-0.25, -0.2) is 13.6 Å². The number of nitrogens with zero attached hydrogens (tertiary/aromatic N) is 1. The van der Waals surface area contributed by atoms with Crippen LogP contribution in [0.3, 0.4) is 0 Å². The highest BCUT2D eigenvalue weighted by atomic mass is 79.9. The lowest BCUT2D eigenvalue weighted by Gasteiger charge is -2.21. The molecule has 0 fully saturated rings. The van der Waals surface area contributed by atoms with E-state index in [9.17, 15) is 13.2 Å². The van der Waals surface area contributed by atoms with E-state index >= 15 is 0 Å². The maximum Gasteiger partial charge on any atom is 0.255 e. The standard InChI is InChI=1S/C13H19BrN2O3S/c1-3-5-8-16(4-2)13(17)11-9-10(20(15,18)19)6-7-12(11)14/h6-7,9H,3-5,8H2,1-2H3,(H2,15,18,19). The highest BCUT2D eigenvalue weighted by Crippen LogP contribution is 2.22. The first-order valence-electron chi connectivity index (χ1n) is 6.42. The predicted molar refractivity (Wildman–Crippen MR) is 82.0 cm³/mol. The number of carbonyl (C=O) groups is 1. The lowest BCUT2D eigenvalue weighted by Crippen LogP contribution is -2.32. The molecule has 0 heterocycles. The molecule has 0 aromatic heterocycles. The number of amides is 1. The lowest BCUT2D eigenvalue weighted by molar-refractivity contribution is 0.0761. The maximum atomic E-state index is 12.4. The zero-order valence-electron chi connectivity index (χ0n) is 11.6. The van der Waals surface area contributed by atoms with Crippen molar-refractivity contribution in [2.75, 3.05) is 13.1 Å². The van der Waals surface area contributed by atoms with Gasteiger partial charge in [0.1, 0.15) is 0 Å². The van der Waals surface area contributed by atoms with Crippen LogP contribution >= 0.6 is 15.9 Å². The van der Waals surface area contributed by atoms with Gasteiger partial charge in [-0.2, -0.15) is 0 Å². The Morgan fingerprint density at radius 3 is 2.50 bits per heavy atom. The first-order valence-corrected chi connectivity index (χ1v) is 8.76. The summed E-state index contributed by atoms with van der Waals surface area (Å²) in [6.45, 7) is 5.17. The summed E-state index contributed by atoms with van der Waals surface area (Å²) in [5.74, 6) is -0.196. The molecule has 0 radical (unpaired) electrons. The van der Waals surface area contributed by atoms with E-state index in [1.807, 2.05) is 6.92 Å². The topological polar surface area (TPSA) is 80.5 Å². The van der Waals surface area contributed by atoms with Crippen LogP contribution in [0.1, 0.15) is 37.0 Å². The van der Waals surface area contributed by atoms with Gasteiger partial charge < -0.3 is 4.90 Å². The van der Waals surface area contributed by atoms with Crippen molar-refractivity contribution in [1.29, 1.82) is 0 Å². The number of unbranched alkanes of at least 4 members (excludes halogenated alkanes) is 1. The Bertz CT molecular complexity index is 587. The van der Waals surface area contributed by atoms with Gasteiger partial charge in [-0.15, -0.1) is 0 Å². The molecule has 0 aliphatic rings. The van der Waals surface area contributed by atoms with E-state index in [0.29, 0.717) is 23.1 Å². The highest BCUT2D eigenvalue weighted by molar-refractivity contribution is 9.10. The monoisotopic (exact) mass is 362 g/mol. The summed E-state index contributed by atoms with van der Waals surface area (Å²) < 4.78 is 23.3. The van der Waals surface area contributed by atoms with Gasteiger partial charge in [0.25, 0.3) is 5.91 Å². The van der Waals surface area contributed by atoms with Crippen LogP contribution in [0.15, 0.2) is 27.6 Å². The van der Waals surface area contributed by atoms with Crippen molar-refractivity contribution in [2.24, 2.45) is 5.14 Å². The fourth-order valence-electron chi connectivity index (χ4n) is 1.77. The van der Waals surface area contributed by atoms with Crippen LogP contribution < -0.4 is 5.14 Å². The normalized spacial score (nSPS) is 11.4. The lowest BCUT2D eigenvalue weighted by atomic mass is 10.2. The Morgan fingerprint density at radius 1 is 1.35 bits per heavy atom. The van der Waals surface area contributed by atoms with Crippen LogP contribution in [-0.2, 0) is 10.0 Å². The summed E-state index contributed by atoms with van der Waals surface area (Å²) in [5.41, 5.74) is 0.314. The number of carbonyl (C=O) groups excluding carboxylic acids is 1. The van der Waals surface area contributed by atoms with E-state index in [1.165, 1.54) is 18.2 Å². The molecule has 0 bridgehead atoms. The molecule has 1 aromatic rings. The van der Waals surface area contributed by atoms with E-state index in [2.05, 4.69) is 22.9 Å². The molecule has 1 aromatic carbocycles. The summed E-state index contributed by atoms with van der Waals surface area (Å²) in [6.07, 6.45) is 1.90. The smallest absolute Gasteiger partial charge is 0.255 e. The van der Waals surface area contributed by atoms with Crippen molar-refractivity contribution in [3.8, 4) is 0 Å². The minimum absolute atomic E-state index is 0.0596. The van der Waals surface area contributed by atoms with Gasteiger partial charge in [0.05, 0.1) is 10.5 Å². The molecule has 2 N–H and O–H groups in total. The molecular formula is C13H19BrN2O3S. The number of primary sulfonamides is 1. The molecule has 112 valence electrons. The quantitative estimate of drug-likeness (QED) is 0.843. The summed E-state index contributed by atoms with van der Waals surface area (Å²) in [7, 11) is -3.82. The first-order chi connectivity index (χ1) is 9.31. The van der Waals surface area contributed by atoms with Crippen LogP contribution in [0.5, 0.6) is 0 Å². The molecule has 0 atom stereocenters. The second kappa shape index (κ2) is 7.19. The fourth-order valence-corrected chi connectivity index (χ4v) is 2.72. The maximum absolute atomic E-state index is 12.4. The van der Waals surface area contributed by atoms with Gasteiger partial charge in [-0.3, -0.25) is 4.79 Å². The molecular weight excluding hydrogens is 344 g/mol. The number of hydrogen-bond donors (Lipinski definition) is 1. The number of nitrogens with two attached hydrogens (primary N) is 1. The molecule has 5 nitrogen and oxygen atoms in total. The molecule has 0 spiro atoms. The van der Waals surface area contributed by atoms with Crippen molar-refractivity contribution < 1.29 is 13.2 Å². The zero-order valence-corrected chi connectivity index (χ0v) is 14.0. The Balaban J connectivity index is 3.14. The molecule has 0 saturated heterocycles. The molecule has 1 rings (SSSR count). The summed E-state index contributed by atoms with van der Waals surface area (Å²) in [4.78, 5) is 14.1. The molecule has 1 amide bonds. The Kier molecular flexibility index (Phi) is 6.16. The predicted octanol–water partition coefficient (Wildman–Crippen LogP) is 2.36. The second-order valence-corrected chi connectivity index (χ2v) is 6.84. The molecule has 0 aliphatic heterocycles. The number of hydrogen-bond acceptors (Lipinski definition) is 3. The van der Waals surface area contributed by atoms with Gasteiger partial charge in [0.2, 0.25) is 10.0 Å². The minimum atomic E-state index is -3.82.